The van der Waals surface area contributed by atoms with Crippen LogP contribution < -0.4 is 10.0 Å². The van der Waals surface area contributed by atoms with Gasteiger partial charge in [-0.2, -0.15) is 0 Å². The van der Waals surface area contributed by atoms with Crippen LogP contribution in [0.2, 0.25) is 5.02 Å². The van der Waals surface area contributed by atoms with Crippen LogP contribution in [0.5, 0.6) is 0 Å². The molecule has 1 atom stereocenters. The average Bonchev–Trinajstić information content (AvgIpc) is 2.42. The number of aryl methyl sites for hydroxylation is 1. The third kappa shape index (κ3) is 3.95. The molecule has 1 heterocycles. The normalized spacial score (nSPS) is 20.0. The van der Waals surface area contributed by atoms with E-state index in [1.54, 1.807) is 12.1 Å². The zero-order chi connectivity index (χ0) is 14.6. The fourth-order valence-corrected chi connectivity index (χ4v) is 4.25. The van der Waals surface area contributed by atoms with Crippen molar-refractivity contribution in [2.75, 3.05) is 13.1 Å². The summed E-state index contributed by atoms with van der Waals surface area (Å²) in [7, 11) is -3.55. The van der Waals surface area contributed by atoms with Crippen LogP contribution in [0, 0.1) is 0 Å². The SMILES string of the molecule is CCCc1ccc(Cl)c(S(=O)(=O)N[C@@H]2CCCNC2)c1. The number of piperidine rings is 1. The molecular formula is C14H21ClN2O2S. The van der Waals surface area contributed by atoms with Crippen LogP contribution in [-0.4, -0.2) is 27.5 Å². The Bertz CT molecular complexity index is 554. The molecule has 0 amide bonds. The monoisotopic (exact) mass is 316 g/mol. The summed E-state index contributed by atoms with van der Waals surface area (Å²) >= 11 is 6.06. The Hall–Kier alpha value is -0.620. The van der Waals surface area contributed by atoms with Crippen LogP contribution in [0.25, 0.3) is 0 Å². The van der Waals surface area contributed by atoms with E-state index in [1.807, 2.05) is 6.07 Å². The Morgan fingerprint density at radius 3 is 2.90 bits per heavy atom. The number of sulfonamides is 1. The molecule has 112 valence electrons. The van der Waals surface area contributed by atoms with E-state index in [0.717, 1.165) is 37.8 Å². The van der Waals surface area contributed by atoms with E-state index in [1.165, 1.54) is 0 Å². The number of halogens is 1. The summed E-state index contributed by atoms with van der Waals surface area (Å²) in [6.45, 7) is 3.69. The van der Waals surface area contributed by atoms with Gasteiger partial charge in [0.05, 0.1) is 5.02 Å². The third-order valence-electron chi connectivity index (χ3n) is 3.44. The van der Waals surface area contributed by atoms with E-state index >= 15 is 0 Å². The molecule has 1 aromatic carbocycles. The van der Waals surface area contributed by atoms with Gasteiger partial charge in [-0.15, -0.1) is 0 Å². The van der Waals surface area contributed by atoms with Crippen LogP contribution in [-0.2, 0) is 16.4 Å². The molecule has 0 unspecified atom stereocenters. The fourth-order valence-electron chi connectivity index (χ4n) is 2.43. The lowest BCUT2D eigenvalue weighted by Gasteiger charge is -2.24. The summed E-state index contributed by atoms with van der Waals surface area (Å²) in [5.41, 5.74) is 0.999. The summed E-state index contributed by atoms with van der Waals surface area (Å²) in [6, 6.07) is 5.18. The molecule has 1 saturated heterocycles. The first-order chi connectivity index (χ1) is 9.53. The van der Waals surface area contributed by atoms with Crippen LogP contribution in [0.15, 0.2) is 23.1 Å². The molecule has 4 nitrogen and oxygen atoms in total. The van der Waals surface area contributed by atoms with E-state index in [2.05, 4.69) is 17.0 Å². The molecule has 0 aromatic heterocycles. The van der Waals surface area contributed by atoms with E-state index in [0.29, 0.717) is 6.54 Å². The first-order valence-corrected chi connectivity index (χ1v) is 8.90. The smallest absolute Gasteiger partial charge is 0.242 e. The molecule has 1 aliphatic heterocycles. The fraction of sp³-hybridized carbons (Fsp3) is 0.571. The van der Waals surface area contributed by atoms with Gasteiger partial charge in [-0.25, -0.2) is 13.1 Å². The van der Waals surface area contributed by atoms with Gasteiger partial charge in [0, 0.05) is 12.6 Å². The third-order valence-corrected chi connectivity index (χ3v) is 5.44. The predicted molar refractivity (Wildman–Crippen MR) is 81.7 cm³/mol. The molecule has 1 fully saturated rings. The molecule has 0 radical (unpaired) electrons. The molecule has 20 heavy (non-hydrogen) atoms. The zero-order valence-electron chi connectivity index (χ0n) is 11.7. The average molecular weight is 317 g/mol. The molecule has 0 spiro atoms. The Kier molecular flexibility index (Phi) is 5.43. The van der Waals surface area contributed by atoms with Gasteiger partial charge >= 0.3 is 0 Å². The highest BCUT2D eigenvalue weighted by Gasteiger charge is 2.23. The molecular weight excluding hydrogens is 296 g/mol. The number of rotatable bonds is 5. The minimum Gasteiger partial charge on any atom is -0.315 e. The number of hydrogen-bond acceptors (Lipinski definition) is 3. The molecule has 1 aliphatic rings. The lowest BCUT2D eigenvalue weighted by molar-refractivity contribution is 0.428. The minimum atomic E-state index is -3.55. The van der Waals surface area contributed by atoms with E-state index in [-0.39, 0.29) is 16.0 Å². The second-order valence-electron chi connectivity index (χ2n) is 5.18. The van der Waals surface area contributed by atoms with Crippen LogP contribution >= 0.6 is 11.6 Å². The van der Waals surface area contributed by atoms with Gasteiger partial charge in [-0.3, -0.25) is 0 Å². The van der Waals surface area contributed by atoms with Crippen molar-refractivity contribution in [2.45, 2.75) is 43.5 Å². The maximum Gasteiger partial charge on any atom is 0.242 e. The van der Waals surface area contributed by atoms with Crippen molar-refractivity contribution in [1.29, 1.82) is 0 Å². The van der Waals surface area contributed by atoms with Gasteiger partial charge in [0.1, 0.15) is 4.90 Å². The van der Waals surface area contributed by atoms with Gasteiger partial charge in [0.2, 0.25) is 10.0 Å². The van der Waals surface area contributed by atoms with Crippen LogP contribution in [0.3, 0.4) is 0 Å². The minimum absolute atomic E-state index is 0.0559. The quantitative estimate of drug-likeness (QED) is 0.876. The highest BCUT2D eigenvalue weighted by atomic mass is 35.5. The van der Waals surface area contributed by atoms with Gasteiger partial charge in [0.25, 0.3) is 0 Å². The van der Waals surface area contributed by atoms with Crippen molar-refractivity contribution < 1.29 is 8.42 Å². The summed E-state index contributed by atoms with van der Waals surface area (Å²) in [6.07, 6.45) is 3.67. The predicted octanol–water partition coefficient (Wildman–Crippen LogP) is 2.32. The van der Waals surface area contributed by atoms with Crippen molar-refractivity contribution in [3.05, 3.63) is 28.8 Å². The zero-order valence-corrected chi connectivity index (χ0v) is 13.2. The number of nitrogens with one attached hydrogen (secondary N) is 2. The molecule has 2 N–H and O–H groups in total. The molecule has 1 aromatic rings. The Morgan fingerprint density at radius 1 is 1.45 bits per heavy atom. The standard InChI is InChI=1S/C14H21ClN2O2S/c1-2-4-11-6-7-13(15)14(9-11)20(18,19)17-12-5-3-8-16-10-12/h6-7,9,12,16-17H,2-5,8,10H2,1H3/t12-/m1/s1. The first-order valence-electron chi connectivity index (χ1n) is 7.04. The number of benzene rings is 1. The highest BCUT2D eigenvalue weighted by molar-refractivity contribution is 7.89. The lowest BCUT2D eigenvalue weighted by atomic mass is 10.1. The van der Waals surface area contributed by atoms with Gasteiger partial charge in [-0.05, 0) is 43.5 Å². The summed E-state index contributed by atoms with van der Waals surface area (Å²) in [5, 5.41) is 3.47. The Labute approximate surface area is 126 Å². The second-order valence-corrected chi connectivity index (χ2v) is 7.27. The summed E-state index contributed by atoms with van der Waals surface area (Å²) in [4.78, 5) is 0.190. The second kappa shape index (κ2) is 6.89. The summed E-state index contributed by atoms with van der Waals surface area (Å²) < 4.78 is 27.7. The van der Waals surface area contributed by atoms with Crippen molar-refractivity contribution in [1.82, 2.24) is 10.0 Å². The van der Waals surface area contributed by atoms with Crippen molar-refractivity contribution >= 4 is 21.6 Å². The van der Waals surface area contributed by atoms with Gasteiger partial charge < -0.3 is 5.32 Å². The van der Waals surface area contributed by atoms with E-state index in [9.17, 15) is 8.42 Å². The highest BCUT2D eigenvalue weighted by Crippen LogP contribution is 2.24. The first kappa shape index (κ1) is 15.8. The van der Waals surface area contributed by atoms with Crippen LogP contribution in [0.4, 0.5) is 0 Å². The largest absolute Gasteiger partial charge is 0.315 e. The van der Waals surface area contributed by atoms with Crippen LogP contribution in [0.1, 0.15) is 31.7 Å². The van der Waals surface area contributed by atoms with E-state index in [4.69, 9.17) is 11.6 Å². The molecule has 0 saturated carbocycles. The molecule has 0 aliphatic carbocycles. The van der Waals surface area contributed by atoms with Crippen molar-refractivity contribution in [3.63, 3.8) is 0 Å². The maximum absolute atomic E-state index is 12.5. The van der Waals surface area contributed by atoms with Crippen molar-refractivity contribution in [3.8, 4) is 0 Å². The Morgan fingerprint density at radius 2 is 2.25 bits per heavy atom. The van der Waals surface area contributed by atoms with Gasteiger partial charge in [0.15, 0.2) is 0 Å². The molecule has 6 heteroatoms. The maximum atomic E-state index is 12.5. The molecule has 2 rings (SSSR count). The number of hydrogen-bond donors (Lipinski definition) is 2. The van der Waals surface area contributed by atoms with Crippen molar-refractivity contribution in [2.24, 2.45) is 0 Å². The van der Waals surface area contributed by atoms with E-state index < -0.39 is 10.0 Å². The van der Waals surface area contributed by atoms with Gasteiger partial charge in [-0.1, -0.05) is 31.0 Å². The topological polar surface area (TPSA) is 58.2 Å². The lowest BCUT2D eigenvalue weighted by Crippen LogP contribution is -2.45. The Balaban J connectivity index is 2.21. The molecule has 0 bridgehead atoms. The summed E-state index contributed by atoms with van der Waals surface area (Å²) in [5.74, 6) is 0.